The number of methoxy groups -OCH3 is 1. The van der Waals surface area contributed by atoms with Crippen LogP contribution in [0, 0.1) is 11.3 Å². The molecule has 0 fully saturated rings. The lowest BCUT2D eigenvalue weighted by atomic mass is 10.1. The summed E-state index contributed by atoms with van der Waals surface area (Å²) in [5.74, 6) is 1.54. The second-order valence-corrected chi connectivity index (χ2v) is 4.77. The van der Waals surface area contributed by atoms with Crippen LogP contribution in [0.4, 0.5) is 0 Å². The molecule has 0 bridgehead atoms. The van der Waals surface area contributed by atoms with E-state index in [0.717, 1.165) is 22.6 Å². The third-order valence-corrected chi connectivity index (χ3v) is 3.47. The van der Waals surface area contributed by atoms with Crippen molar-refractivity contribution in [3.8, 4) is 17.6 Å². The maximum atomic E-state index is 8.88. The van der Waals surface area contributed by atoms with Gasteiger partial charge >= 0.3 is 0 Å². The Morgan fingerprint density at radius 2 is 2.05 bits per heavy atom. The van der Waals surface area contributed by atoms with Gasteiger partial charge in [-0.25, -0.2) is 0 Å². The van der Waals surface area contributed by atoms with Crippen LogP contribution in [0.3, 0.4) is 0 Å². The summed E-state index contributed by atoms with van der Waals surface area (Å²) < 4.78 is 11.0. The monoisotopic (exact) mass is 331 g/mol. The number of halogens is 1. The van der Waals surface area contributed by atoms with Gasteiger partial charge < -0.3 is 9.47 Å². The molecular formula is C16H14BrNO2. The van der Waals surface area contributed by atoms with E-state index < -0.39 is 0 Å². The molecule has 0 spiro atoms. The Morgan fingerprint density at radius 1 is 1.20 bits per heavy atom. The molecule has 0 radical (unpaired) electrons. The zero-order valence-electron chi connectivity index (χ0n) is 11.1. The standard InChI is InChI=1S/C16H14BrNO2/c1-19-15-6-5-14(9-17)16(8-15)20-11-13-4-2-3-12(7-13)10-18/h2-8H,9,11H2,1H3. The quantitative estimate of drug-likeness (QED) is 0.776. The fraction of sp³-hybridized carbons (Fsp3) is 0.188. The second kappa shape index (κ2) is 6.97. The lowest BCUT2D eigenvalue weighted by molar-refractivity contribution is 0.301. The first-order valence-electron chi connectivity index (χ1n) is 6.11. The average molecular weight is 332 g/mol. The van der Waals surface area contributed by atoms with Crippen LogP contribution in [0.25, 0.3) is 0 Å². The van der Waals surface area contributed by atoms with Crippen molar-refractivity contribution >= 4 is 15.9 Å². The number of ether oxygens (including phenoxy) is 2. The Kier molecular flexibility index (Phi) is 5.03. The second-order valence-electron chi connectivity index (χ2n) is 4.21. The van der Waals surface area contributed by atoms with Gasteiger partial charge in [0, 0.05) is 17.0 Å². The molecule has 2 rings (SSSR count). The molecule has 0 aliphatic rings. The molecule has 102 valence electrons. The molecule has 2 aromatic rings. The van der Waals surface area contributed by atoms with Crippen molar-refractivity contribution in [2.75, 3.05) is 7.11 Å². The minimum atomic E-state index is 0.419. The molecule has 0 aromatic heterocycles. The number of hydrogen-bond donors (Lipinski definition) is 0. The number of alkyl halides is 1. The van der Waals surface area contributed by atoms with Gasteiger partial charge in [0.15, 0.2) is 0 Å². The normalized spacial score (nSPS) is 9.85. The zero-order valence-corrected chi connectivity index (χ0v) is 12.7. The topological polar surface area (TPSA) is 42.2 Å². The predicted molar refractivity (Wildman–Crippen MR) is 81.1 cm³/mol. The van der Waals surface area contributed by atoms with Crippen LogP contribution < -0.4 is 9.47 Å². The van der Waals surface area contributed by atoms with E-state index in [1.54, 1.807) is 13.2 Å². The summed E-state index contributed by atoms with van der Waals surface area (Å²) in [5, 5.41) is 9.60. The first-order valence-corrected chi connectivity index (χ1v) is 7.23. The van der Waals surface area contributed by atoms with Crippen LogP contribution in [0.1, 0.15) is 16.7 Å². The summed E-state index contributed by atoms with van der Waals surface area (Å²) in [6.45, 7) is 0.419. The molecule has 0 saturated heterocycles. The van der Waals surface area contributed by atoms with E-state index in [4.69, 9.17) is 14.7 Å². The van der Waals surface area contributed by atoms with Gasteiger partial charge in [-0.3, -0.25) is 0 Å². The molecule has 0 unspecified atom stereocenters. The highest BCUT2D eigenvalue weighted by atomic mass is 79.9. The summed E-state index contributed by atoms with van der Waals surface area (Å²) in [6, 6.07) is 15.3. The van der Waals surface area contributed by atoms with E-state index in [-0.39, 0.29) is 0 Å². The first kappa shape index (κ1) is 14.4. The largest absolute Gasteiger partial charge is 0.497 e. The summed E-state index contributed by atoms with van der Waals surface area (Å²) in [4.78, 5) is 0. The van der Waals surface area contributed by atoms with Crippen molar-refractivity contribution < 1.29 is 9.47 Å². The van der Waals surface area contributed by atoms with Crippen molar-refractivity contribution in [1.29, 1.82) is 5.26 Å². The lowest BCUT2D eigenvalue weighted by Gasteiger charge is -2.12. The molecular weight excluding hydrogens is 318 g/mol. The van der Waals surface area contributed by atoms with E-state index >= 15 is 0 Å². The Morgan fingerprint density at radius 3 is 2.75 bits per heavy atom. The third kappa shape index (κ3) is 3.52. The van der Waals surface area contributed by atoms with Crippen LogP contribution in [-0.4, -0.2) is 7.11 Å². The number of rotatable bonds is 5. The van der Waals surface area contributed by atoms with Crippen LogP contribution in [0.5, 0.6) is 11.5 Å². The van der Waals surface area contributed by atoms with Crippen molar-refractivity contribution in [2.45, 2.75) is 11.9 Å². The molecule has 0 amide bonds. The fourth-order valence-electron chi connectivity index (χ4n) is 1.80. The molecule has 0 aliphatic carbocycles. The summed E-state index contributed by atoms with van der Waals surface area (Å²) in [6.07, 6.45) is 0. The number of nitriles is 1. The van der Waals surface area contributed by atoms with Gasteiger partial charge in [0.05, 0.1) is 18.7 Å². The highest BCUT2D eigenvalue weighted by Crippen LogP contribution is 2.27. The molecule has 0 heterocycles. The van der Waals surface area contributed by atoms with E-state index in [1.165, 1.54) is 0 Å². The lowest BCUT2D eigenvalue weighted by Crippen LogP contribution is -1.99. The van der Waals surface area contributed by atoms with E-state index in [9.17, 15) is 0 Å². The van der Waals surface area contributed by atoms with Crippen LogP contribution in [-0.2, 0) is 11.9 Å². The zero-order chi connectivity index (χ0) is 14.4. The maximum Gasteiger partial charge on any atom is 0.127 e. The van der Waals surface area contributed by atoms with Crippen LogP contribution >= 0.6 is 15.9 Å². The maximum absolute atomic E-state index is 8.88. The minimum absolute atomic E-state index is 0.419. The van der Waals surface area contributed by atoms with Crippen molar-refractivity contribution in [1.82, 2.24) is 0 Å². The highest BCUT2D eigenvalue weighted by Gasteiger charge is 2.05. The van der Waals surface area contributed by atoms with Crippen LogP contribution in [0.2, 0.25) is 0 Å². The van der Waals surface area contributed by atoms with Gasteiger partial charge in [0.2, 0.25) is 0 Å². The van der Waals surface area contributed by atoms with Crippen molar-refractivity contribution in [3.05, 3.63) is 59.2 Å². The van der Waals surface area contributed by atoms with Crippen LogP contribution in [0.15, 0.2) is 42.5 Å². The number of nitrogens with zero attached hydrogens (tertiary/aromatic N) is 1. The Hall–Kier alpha value is -1.99. The van der Waals surface area contributed by atoms with Gasteiger partial charge in [-0.15, -0.1) is 0 Å². The van der Waals surface area contributed by atoms with Crippen molar-refractivity contribution in [3.63, 3.8) is 0 Å². The predicted octanol–water partition coefficient (Wildman–Crippen LogP) is 4.04. The minimum Gasteiger partial charge on any atom is -0.497 e. The molecule has 0 N–H and O–H groups in total. The average Bonchev–Trinajstić information content (AvgIpc) is 2.52. The SMILES string of the molecule is COc1ccc(CBr)c(OCc2cccc(C#N)c2)c1. The Balaban J connectivity index is 2.15. The smallest absolute Gasteiger partial charge is 0.127 e. The van der Waals surface area contributed by atoms with E-state index in [1.807, 2.05) is 36.4 Å². The molecule has 0 saturated carbocycles. The van der Waals surface area contributed by atoms with Gasteiger partial charge in [-0.1, -0.05) is 34.1 Å². The molecule has 2 aromatic carbocycles. The Labute approximate surface area is 126 Å². The molecule has 3 nitrogen and oxygen atoms in total. The van der Waals surface area contributed by atoms with E-state index in [0.29, 0.717) is 17.5 Å². The summed E-state index contributed by atoms with van der Waals surface area (Å²) in [7, 11) is 1.63. The summed E-state index contributed by atoms with van der Waals surface area (Å²) >= 11 is 3.44. The fourth-order valence-corrected chi connectivity index (χ4v) is 2.26. The molecule has 0 aliphatic heterocycles. The highest BCUT2D eigenvalue weighted by molar-refractivity contribution is 9.08. The molecule has 0 atom stereocenters. The molecule has 20 heavy (non-hydrogen) atoms. The van der Waals surface area contributed by atoms with E-state index in [2.05, 4.69) is 22.0 Å². The third-order valence-electron chi connectivity index (χ3n) is 2.87. The van der Waals surface area contributed by atoms with Gasteiger partial charge in [0.25, 0.3) is 0 Å². The van der Waals surface area contributed by atoms with Gasteiger partial charge in [-0.05, 0) is 23.8 Å². The number of benzene rings is 2. The molecule has 4 heteroatoms. The first-order chi connectivity index (χ1) is 9.76. The number of hydrogen-bond acceptors (Lipinski definition) is 3. The summed E-state index contributed by atoms with van der Waals surface area (Å²) in [5.41, 5.74) is 2.66. The van der Waals surface area contributed by atoms with Gasteiger partial charge in [-0.2, -0.15) is 5.26 Å². The van der Waals surface area contributed by atoms with Gasteiger partial charge in [0.1, 0.15) is 18.1 Å². The Bertz CT molecular complexity index is 635. The van der Waals surface area contributed by atoms with Crippen molar-refractivity contribution in [2.24, 2.45) is 0 Å².